The second-order valence-electron chi connectivity index (χ2n) is 13.9. The zero-order valence-corrected chi connectivity index (χ0v) is 21.3. The predicted octanol–water partition coefficient (Wildman–Crippen LogP) is 6.70. The second kappa shape index (κ2) is 7.09. The van der Waals surface area contributed by atoms with E-state index in [1.165, 1.54) is 18.4 Å². The van der Waals surface area contributed by atoms with Crippen LogP contribution < -0.4 is 0 Å². The van der Waals surface area contributed by atoms with Crippen LogP contribution in [-0.2, 0) is 4.79 Å². The Morgan fingerprint density at radius 3 is 2.25 bits per heavy atom. The number of hydrogen-bond donors (Lipinski definition) is 2. The van der Waals surface area contributed by atoms with Crippen molar-refractivity contribution in [2.24, 2.45) is 57.2 Å². The van der Waals surface area contributed by atoms with Crippen molar-refractivity contribution >= 4 is 5.97 Å². The van der Waals surface area contributed by atoms with Gasteiger partial charge in [-0.15, -0.1) is 0 Å². The zero-order valence-electron chi connectivity index (χ0n) is 21.3. The van der Waals surface area contributed by atoms with Gasteiger partial charge in [0.25, 0.3) is 0 Å². The second-order valence-corrected chi connectivity index (χ2v) is 13.9. The number of carboxylic acid groups (broad SMARTS) is 1. The molecule has 0 aromatic rings. The van der Waals surface area contributed by atoms with Gasteiger partial charge in [-0.05, 0) is 110 Å². The van der Waals surface area contributed by atoms with Gasteiger partial charge in [-0.2, -0.15) is 0 Å². The Labute approximate surface area is 195 Å². The van der Waals surface area contributed by atoms with Crippen molar-refractivity contribution < 1.29 is 15.0 Å². The highest BCUT2D eigenvalue weighted by atomic mass is 16.4. The van der Waals surface area contributed by atoms with Crippen LogP contribution in [0.5, 0.6) is 0 Å². The minimum atomic E-state index is -0.536. The van der Waals surface area contributed by atoms with Gasteiger partial charge < -0.3 is 10.2 Å². The van der Waals surface area contributed by atoms with Crippen molar-refractivity contribution in [3.05, 3.63) is 11.6 Å². The minimum absolute atomic E-state index is 0.0172. The smallest absolute Gasteiger partial charge is 0.310 e. The van der Waals surface area contributed by atoms with Gasteiger partial charge in [-0.3, -0.25) is 4.79 Å². The quantitative estimate of drug-likeness (QED) is 0.444. The fraction of sp³-hybridized carbons (Fsp3) is 0.897. The predicted molar refractivity (Wildman–Crippen MR) is 128 cm³/mol. The summed E-state index contributed by atoms with van der Waals surface area (Å²) in [5, 5.41) is 21.3. The summed E-state index contributed by atoms with van der Waals surface area (Å²) in [7, 11) is 0. The topological polar surface area (TPSA) is 57.5 Å². The molecule has 5 rings (SSSR count). The highest BCUT2D eigenvalue weighted by molar-refractivity contribution is 5.76. The molecular weight excluding hydrogens is 396 g/mol. The number of hydrogen-bond acceptors (Lipinski definition) is 2. The van der Waals surface area contributed by atoms with E-state index in [-0.39, 0.29) is 28.3 Å². The molecule has 0 unspecified atom stereocenters. The lowest BCUT2D eigenvalue weighted by atomic mass is 9.37. The van der Waals surface area contributed by atoms with Gasteiger partial charge in [0.15, 0.2) is 0 Å². The Bertz CT molecular complexity index is 828. The van der Waals surface area contributed by atoms with Gasteiger partial charge >= 0.3 is 5.97 Å². The maximum absolute atomic E-state index is 12.7. The maximum Gasteiger partial charge on any atom is 0.310 e. The first-order chi connectivity index (χ1) is 14.9. The third kappa shape index (κ3) is 2.72. The molecule has 0 amide bonds. The molecule has 10 atom stereocenters. The summed E-state index contributed by atoms with van der Waals surface area (Å²) < 4.78 is 0. The summed E-state index contributed by atoms with van der Waals surface area (Å²) in [4.78, 5) is 12.7. The Morgan fingerprint density at radius 1 is 0.906 bits per heavy atom. The van der Waals surface area contributed by atoms with Crippen molar-refractivity contribution in [1.82, 2.24) is 0 Å². The van der Waals surface area contributed by atoms with E-state index in [1.807, 2.05) is 0 Å². The summed E-state index contributed by atoms with van der Waals surface area (Å²) in [6.45, 7) is 14.4. The first-order valence-corrected chi connectivity index (χ1v) is 13.5. The van der Waals surface area contributed by atoms with Crippen molar-refractivity contribution in [3.63, 3.8) is 0 Å². The van der Waals surface area contributed by atoms with Crippen LogP contribution in [0.4, 0.5) is 0 Å². The number of aliphatic hydroxyl groups is 1. The van der Waals surface area contributed by atoms with Gasteiger partial charge in [0.05, 0.1) is 11.5 Å². The molecule has 2 N–H and O–H groups in total. The molecule has 0 aliphatic heterocycles. The van der Waals surface area contributed by atoms with Crippen molar-refractivity contribution in [3.8, 4) is 0 Å². The summed E-state index contributed by atoms with van der Waals surface area (Å²) in [6, 6.07) is 0. The number of carboxylic acids is 1. The Balaban J connectivity index is 1.56. The van der Waals surface area contributed by atoms with Crippen LogP contribution >= 0.6 is 0 Å². The molecule has 0 spiro atoms. The molecule has 0 heterocycles. The number of aliphatic hydroxyl groups excluding tert-OH is 1. The van der Waals surface area contributed by atoms with Crippen LogP contribution in [0.2, 0.25) is 0 Å². The average molecular weight is 443 g/mol. The van der Waals surface area contributed by atoms with E-state index in [0.29, 0.717) is 29.6 Å². The van der Waals surface area contributed by atoms with Crippen LogP contribution in [0.25, 0.3) is 0 Å². The molecule has 0 saturated heterocycles. The highest BCUT2D eigenvalue weighted by Gasteiger charge is 2.66. The molecule has 0 bridgehead atoms. The molecule has 3 nitrogen and oxygen atoms in total. The third-order valence-electron chi connectivity index (χ3n) is 12.6. The van der Waals surface area contributed by atoms with Gasteiger partial charge in [0.2, 0.25) is 0 Å². The molecular formula is C29H46O3. The minimum Gasteiger partial charge on any atom is -0.481 e. The van der Waals surface area contributed by atoms with Crippen LogP contribution in [-0.4, -0.2) is 22.3 Å². The molecule has 3 heteroatoms. The van der Waals surface area contributed by atoms with Crippen molar-refractivity contribution in [2.45, 2.75) is 105 Å². The number of aliphatic carboxylic acids is 1. The molecule has 0 radical (unpaired) electrons. The van der Waals surface area contributed by atoms with Gasteiger partial charge in [-0.25, -0.2) is 0 Å². The van der Waals surface area contributed by atoms with E-state index in [0.717, 1.165) is 44.9 Å². The summed E-state index contributed by atoms with van der Waals surface area (Å²) in [6.07, 6.45) is 11.8. The lowest BCUT2D eigenvalue weighted by Crippen LogP contribution is -2.62. The first kappa shape index (κ1) is 22.9. The largest absolute Gasteiger partial charge is 0.481 e. The Hall–Kier alpha value is -0.830. The molecule has 5 aliphatic carbocycles. The molecule has 32 heavy (non-hydrogen) atoms. The first-order valence-electron chi connectivity index (χ1n) is 13.5. The average Bonchev–Trinajstić information content (AvgIpc) is 2.73. The molecule has 0 aromatic carbocycles. The lowest BCUT2D eigenvalue weighted by Gasteiger charge is -2.68. The standard InChI is InChI=1S/C29H46O3/c1-17-9-15-29(25(31)32)16-10-20-19(24(29)18(17)2)7-8-22-27(20,5)13-11-21-26(3,4)23(30)12-14-28(21,22)6/h7,17-18,20-24,30H,8-16H2,1-6H3,(H,31,32)/t17-,18+,20-,21+,22+,23+,24+,27+,28+,29+/m1/s1. The molecule has 5 aliphatic rings. The fourth-order valence-corrected chi connectivity index (χ4v) is 10.5. The van der Waals surface area contributed by atoms with Crippen LogP contribution in [0, 0.1) is 57.2 Å². The van der Waals surface area contributed by atoms with E-state index < -0.39 is 11.4 Å². The number of fused-ring (bicyclic) bond motifs is 7. The SMILES string of the molecule is C[C@H]1[C@H](C)CC[C@]2(C(=O)O)CC[C@@H]3C(=CC[C@H]4[C@@]3(C)CC[C@H]3C(C)(C)[C@@H](O)CC[C@]43C)[C@H]12. The van der Waals surface area contributed by atoms with Gasteiger partial charge in [0.1, 0.15) is 0 Å². The molecule has 4 saturated carbocycles. The normalized spacial score (nSPS) is 54.3. The number of carbonyl (C=O) groups is 1. The number of rotatable bonds is 1. The fourth-order valence-electron chi connectivity index (χ4n) is 10.5. The Morgan fingerprint density at radius 2 is 1.56 bits per heavy atom. The maximum atomic E-state index is 12.7. The summed E-state index contributed by atoms with van der Waals surface area (Å²) in [5.74, 6) is 2.49. The van der Waals surface area contributed by atoms with E-state index in [4.69, 9.17) is 0 Å². The van der Waals surface area contributed by atoms with Gasteiger partial charge in [-0.1, -0.05) is 53.2 Å². The van der Waals surface area contributed by atoms with E-state index in [1.54, 1.807) is 0 Å². The summed E-state index contributed by atoms with van der Waals surface area (Å²) >= 11 is 0. The van der Waals surface area contributed by atoms with E-state index in [2.05, 4.69) is 47.6 Å². The highest BCUT2D eigenvalue weighted by Crippen LogP contribution is 2.72. The number of allylic oxidation sites excluding steroid dienone is 2. The van der Waals surface area contributed by atoms with E-state index in [9.17, 15) is 15.0 Å². The van der Waals surface area contributed by atoms with Crippen LogP contribution in [0.3, 0.4) is 0 Å². The van der Waals surface area contributed by atoms with Gasteiger partial charge in [0, 0.05) is 0 Å². The Kier molecular flexibility index (Phi) is 5.08. The van der Waals surface area contributed by atoms with Crippen LogP contribution in [0.15, 0.2) is 11.6 Å². The molecule has 0 aromatic heterocycles. The molecule has 180 valence electrons. The zero-order chi connectivity index (χ0) is 23.3. The van der Waals surface area contributed by atoms with E-state index >= 15 is 0 Å². The van der Waals surface area contributed by atoms with Crippen molar-refractivity contribution in [2.75, 3.05) is 0 Å². The monoisotopic (exact) mass is 442 g/mol. The van der Waals surface area contributed by atoms with Crippen molar-refractivity contribution in [1.29, 1.82) is 0 Å². The lowest BCUT2D eigenvalue weighted by molar-refractivity contribution is -0.189. The molecule has 4 fully saturated rings. The third-order valence-corrected chi connectivity index (χ3v) is 12.6. The summed E-state index contributed by atoms with van der Waals surface area (Å²) in [5.41, 5.74) is 1.52. The van der Waals surface area contributed by atoms with Crippen LogP contribution in [0.1, 0.15) is 99.3 Å².